The van der Waals surface area contributed by atoms with Gasteiger partial charge < -0.3 is 20.0 Å². The summed E-state index contributed by atoms with van der Waals surface area (Å²) in [5, 5.41) is 13.9. The fourth-order valence-electron chi connectivity index (χ4n) is 2.13. The number of aromatic nitrogens is 1. The number of nitrogens with zero attached hydrogens (tertiary/aromatic N) is 1. The first-order valence-corrected chi connectivity index (χ1v) is 7.92. The van der Waals surface area contributed by atoms with Crippen molar-refractivity contribution < 1.29 is 24.2 Å². The largest absolute Gasteiger partial charge is 0.545 e. The molecule has 0 atom stereocenters. The Morgan fingerprint density at radius 3 is 2.96 bits per heavy atom. The van der Waals surface area contributed by atoms with Crippen molar-refractivity contribution in [1.29, 1.82) is 0 Å². The molecule has 2 aromatic rings. The van der Waals surface area contributed by atoms with Crippen LogP contribution in [-0.4, -0.2) is 35.0 Å². The molecule has 24 heavy (non-hydrogen) atoms. The number of pyridine rings is 1. The van der Waals surface area contributed by atoms with E-state index in [2.05, 4.69) is 10.3 Å². The average Bonchev–Trinajstić information content (AvgIpc) is 2.59. The molecule has 1 aliphatic heterocycles. The standard InChI is InChI=1S/C16H12N2O5S/c19-12(8-24-15-10(16(21)22)2-1-5-17-15)9-3-4-13-11(6-9)18-14(20)7-23-13/h1-6H,7-8H2,(H,18,20)(H,21,22)/p-1. The van der Waals surface area contributed by atoms with Gasteiger partial charge in [-0.25, -0.2) is 4.98 Å². The average molecular weight is 343 g/mol. The minimum Gasteiger partial charge on any atom is -0.545 e. The van der Waals surface area contributed by atoms with Crippen LogP contribution in [0.5, 0.6) is 5.75 Å². The van der Waals surface area contributed by atoms with Crippen molar-refractivity contribution in [1.82, 2.24) is 4.98 Å². The molecular weight excluding hydrogens is 332 g/mol. The Hall–Kier alpha value is -2.87. The van der Waals surface area contributed by atoms with Crippen molar-refractivity contribution in [3.8, 4) is 5.75 Å². The lowest BCUT2D eigenvalue weighted by Crippen LogP contribution is -2.25. The molecule has 8 heteroatoms. The van der Waals surface area contributed by atoms with E-state index in [9.17, 15) is 19.5 Å². The SMILES string of the molecule is O=C1COc2ccc(C(=O)CSc3ncccc3C(=O)[O-])cc2N1. The number of carboxylic acids is 1. The third-order valence-electron chi connectivity index (χ3n) is 3.27. The third-order valence-corrected chi connectivity index (χ3v) is 4.27. The molecule has 0 saturated heterocycles. The van der Waals surface area contributed by atoms with Gasteiger partial charge in [0.25, 0.3) is 5.91 Å². The minimum absolute atomic E-state index is 0.00484. The molecule has 0 aliphatic carbocycles. The molecule has 1 amide bonds. The van der Waals surface area contributed by atoms with Crippen LogP contribution in [0.15, 0.2) is 41.6 Å². The van der Waals surface area contributed by atoms with Gasteiger partial charge in [0.05, 0.1) is 17.4 Å². The number of hydrogen-bond acceptors (Lipinski definition) is 7. The number of carbonyl (C=O) groups is 3. The number of amides is 1. The number of carboxylic acid groups (broad SMARTS) is 1. The van der Waals surface area contributed by atoms with Crippen LogP contribution >= 0.6 is 11.8 Å². The van der Waals surface area contributed by atoms with Crippen molar-refractivity contribution in [2.45, 2.75) is 5.03 Å². The quantitative estimate of drug-likeness (QED) is 0.630. The number of thioether (sulfide) groups is 1. The van der Waals surface area contributed by atoms with Crippen LogP contribution in [-0.2, 0) is 4.79 Å². The molecule has 1 aromatic carbocycles. The summed E-state index contributed by atoms with van der Waals surface area (Å²) >= 11 is 1.02. The van der Waals surface area contributed by atoms with Gasteiger partial charge in [-0.1, -0.05) is 11.8 Å². The first-order valence-electron chi connectivity index (χ1n) is 6.93. The Labute approximate surface area is 141 Å². The van der Waals surface area contributed by atoms with Crippen LogP contribution in [0.1, 0.15) is 20.7 Å². The number of ether oxygens (including phenoxy) is 1. The Balaban J connectivity index is 1.73. The maximum Gasteiger partial charge on any atom is 0.262 e. The summed E-state index contributed by atoms with van der Waals surface area (Å²) in [5.41, 5.74) is 0.773. The van der Waals surface area contributed by atoms with Gasteiger partial charge in [0.2, 0.25) is 0 Å². The molecule has 0 unspecified atom stereocenters. The fraction of sp³-hybridized carbons (Fsp3) is 0.125. The Kier molecular flexibility index (Phi) is 4.48. The van der Waals surface area contributed by atoms with Crippen molar-refractivity contribution in [3.05, 3.63) is 47.7 Å². The van der Waals surface area contributed by atoms with E-state index in [0.717, 1.165) is 11.8 Å². The summed E-state index contributed by atoms with van der Waals surface area (Å²) in [6.45, 7) is -0.0537. The van der Waals surface area contributed by atoms with E-state index in [4.69, 9.17) is 4.74 Å². The topological polar surface area (TPSA) is 108 Å². The van der Waals surface area contributed by atoms with Crippen molar-refractivity contribution in [3.63, 3.8) is 0 Å². The van der Waals surface area contributed by atoms with Crippen LogP contribution in [0.3, 0.4) is 0 Å². The highest BCUT2D eigenvalue weighted by molar-refractivity contribution is 8.00. The Morgan fingerprint density at radius 2 is 2.17 bits per heavy atom. The van der Waals surface area contributed by atoms with Gasteiger partial charge in [0, 0.05) is 17.3 Å². The van der Waals surface area contributed by atoms with Crippen LogP contribution in [0.25, 0.3) is 0 Å². The zero-order chi connectivity index (χ0) is 17.1. The molecule has 3 rings (SSSR count). The fourth-order valence-corrected chi connectivity index (χ4v) is 3.01. The number of fused-ring (bicyclic) bond motifs is 1. The number of hydrogen-bond donors (Lipinski definition) is 1. The van der Waals surface area contributed by atoms with Crippen molar-refractivity contribution in [2.75, 3.05) is 17.7 Å². The summed E-state index contributed by atoms with van der Waals surface area (Å²) in [6, 6.07) is 7.61. The summed E-state index contributed by atoms with van der Waals surface area (Å²) in [4.78, 5) is 38.6. The molecule has 2 heterocycles. The molecule has 0 spiro atoms. The van der Waals surface area contributed by atoms with Gasteiger partial charge in [-0.15, -0.1) is 0 Å². The van der Waals surface area contributed by atoms with Gasteiger partial charge in [-0.05, 0) is 30.3 Å². The highest BCUT2D eigenvalue weighted by Crippen LogP contribution is 2.29. The maximum absolute atomic E-state index is 12.3. The van der Waals surface area contributed by atoms with E-state index in [0.29, 0.717) is 17.0 Å². The molecule has 7 nitrogen and oxygen atoms in total. The van der Waals surface area contributed by atoms with Crippen LogP contribution in [0.2, 0.25) is 0 Å². The molecule has 0 bridgehead atoms. The van der Waals surface area contributed by atoms with Crippen molar-refractivity contribution in [2.24, 2.45) is 0 Å². The number of nitrogens with one attached hydrogen (secondary N) is 1. The predicted octanol–water partition coefficient (Wildman–Crippen LogP) is 0.751. The highest BCUT2D eigenvalue weighted by atomic mass is 32.2. The Bertz CT molecular complexity index is 837. The van der Waals surface area contributed by atoms with E-state index in [1.807, 2.05) is 0 Å². The minimum atomic E-state index is -1.34. The van der Waals surface area contributed by atoms with Crippen LogP contribution in [0.4, 0.5) is 5.69 Å². The molecule has 1 aliphatic rings. The number of anilines is 1. The maximum atomic E-state index is 12.3. The van der Waals surface area contributed by atoms with Crippen LogP contribution in [0, 0.1) is 0 Å². The van der Waals surface area contributed by atoms with Gasteiger partial charge in [-0.3, -0.25) is 9.59 Å². The highest BCUT2D eigenvalue weighted by Gasteiger charge is 2.18. The van der Waals surface area contributed by atoms with Crippen molar-refractivity contribution >= 4 is 35.1 Å². The van der Waals surface area contributed by atoms with E-state index >= 15 is 0 Å². The molecule has 0 fully saturated rings. The van der Waals surface area contributed by atoms with E-state index < -0.39 is 5.97 Å². The number of ketones is 1. The van der Waals surface area contributed by atoms with E-state index in [1.165, 1.54) is 24.4 Å². The first-order chi connectivity index (χ1) is 11.5. The zero-order valence-electron chi connectivity index (χ0n) is 12.3. The van der Waals surface area contributed by atoms with Gasteiger partial charge in [-0.2, -0.15) is 0 Å². The lowest BCUT2D eigenvalue weighted by molar-refractivity contribution is -0.255. The first kappa shape index (κ1) is 16.0. The van der Waals surface area contributed by atoms with Crippen LogP contribution < -0.4 is 15.2 Å². The number of carbonyl (C=O) groups excluding carboxylic acids is 3. The lowest BCUT2D eigenvalue weighted by atomic mass is 10.1. The molecular formula is C16H11N2O5S-. The summed E-state index contributed by atoms with van der Waals surface area (Å²) in [7, 11) is 0. The molecule has 0 radical (unpaired) electrons. The van der Waals surface area contributed by atoms with Gasteiger partial charge in [0.1, 0.15) is 10.8 Å². The number of benzene rings is 1. The normalized spacial score (nSPS) is 12.8. The molecule has 1 N–H and O–H groups in total. The second-order valence-corrected chi connectivity index (χ2v) is 5.87. The second-order valence-electron chi connectivity index (χ2n) is 4.90. The predicted molar refractivity (Wildman–Crippen MR) is 84.2 cm³/mol. The molecule has 1 aromatic heterocycles. The number of Topliss-reactive ketones (excluding diaryl/α,β-unsaturated/α-hetero) is 1. The molecule has 122 valence electrons. The van der Waals surface area contributed by atoms with Gasteiger partial charge >= 0.3 is 0 Å². The third kappa shape index (κ3) is 3.38. The Morgan fingerprint density at radius 1 is 1.33 bits per heavy atom. The molecule has 0 saturated carbocycles. The van der Waals surface area contributed by atoms with Gasteiger partial charge in [0.15, 0.2) is 12.4 Å². The summed E-state index contributed by atoms with van der Waals surface area (Å²) in [5.74, 6) is -1.34. The zero-order valence-corrected chi connectivity index (χ0v) is 13.1. The van der Waals surface area contributed by atoms with E-state index in [-0.39, 0.29) is 34.6 Å². The number of aromatic carboxylic acids is 1. The number of rotatable bonds is 5. The van der Waals surface area contributed by atoms with E-state index in [1.54, 1.807) is 12.1 Å². The monoisotopic (exact) mass is 343 g/mol. The summed E-state index contributed by atoms with van der Waals surface area (Å²) in [6.07, 6.45) is 1.45. The summed E-state index contributed by atoms with van der Waals surface area (Å²) < 4.78 is 5.23. The second kappa shape index (κ2) is 6.71. The smallest absolute Gasteiger partial charge is 0.262 e. The lowest BCUT2D eigenvalue weighted by Gasteiger charge is -2.18.